The second kappa shape index (κ2) is 4.00. The van der Waals surface area contributed by atoms with Crippen molar-refractivity contribution in [2.24, 2.45) is 0 Å². The average molecular weight is 194 g/mol. The van der Waals surface area contributed by atoms with E-state index in [0.717, 1.165) is 5.69 Å². The number of anilines is 1. The first-order valence-electron chi connectivity index (χ1n) is 4.07. The van der Waals surface area contributed by atoms with Gasteiger partial charge < -0.3 is 14.7 Å². The molecule has 0 unspecified atom stereocenters. The molecule has 0 fully saturated rings. The summed E-state index contributed by atoms with van der Waals surface area (Å²) in [6, 6.07) is 5.96. The van der Waals surface area contributed by atoms with Crippen molar-refractivity contribution < 1.29 is 14.6 Å². The molecule has 0 aromatic heterocycles. The van der Waals surface area contributed by atoms with Gasteiger partial charge in [0.05, 0.1) is 12.8 Å². The normalized spacial score (nSPS) is 9.64. The van der Waals surface area contributed by atoms with E-state index in [1.54, 1.807) is 17.0 Å². The second-order valence-electron chi connectivity index (χ2n) is 2.97. The lowest BCUT2D eigenvalue weighted by atomic mass is 10.1. The molecule has 4 heteroatoms. The Labute approximate surface area is 82.7 Å². The zero-order valence-electron chi connectivity index (χ0n) is 8.37. The van der Waals surface area contributed by atoms with E-state index in [1.165, 1.54) is 7.11 Å². The third-order valence-corrected chi connectivity index (χ3v) is 1.83. The van der Waals surface area contributed by atoms with Gasteiger partial charge in [-0.3, -0.25) is 0 Å². The SMILES string of the molecule is COc1c(C(=O)O)[c]ccc1N(C)C. The van der Waals surface area contributed by atoms with Crippen LogP contribution in [0, 0.1) is 6.07 Å². The van der Waals surface area contributed by atoms with E-state index in [9.17, 15) is 4.79 Å². The van der Waals surface area contributed by atoms with E-state index in [0.29, 0.717) is 5.75 Å². The van der Waals surface area contributed by atoms with E-state index >= 15 is 0 Å². The van der Waals surface area contributed by atoms with E-state index in [2.05, 4.69) is 6.07 Å². The molecular weight excluding hydrogens is 182 g/mol. The zero-order valence-corrected chi connectivity index (χ0v) is 8.37. The lowest BCUT2D eigenvalue weighted by Crippen LogP contribution is -2.12. The number of aromatic carboxylic acids is 1. The van der Waals surface area contributed by atoms with E-state index in [4.69, 9.17) is 9.84 Å². The first-order chi connectivity index (χ1) is 6.57. The van der Waals surface area contributed by atoms with Crippen molar-refractivity contribution in [3.63, 3.8) is 0 Å². The van der Waals surface area contributed by atoms with Crippen LogP contribution in [-0.4, -0.2) is 32.3 Å². The second-order valence-corrected chi connectivity index (χ2v) is 2.97. The molecule has 0 aliphatic rings. The lowest BCUT2D eigenvalue weighted by molar-refractivity contribution is 0.0693. The van der Waals surface area contributed by atoms with E-state index in [1.807, 2.05) is 14.1 Å². The highest BCUT2D eigenvalue weighted by molar-refractivity contribution is 5.93. The average Bonchev–Trinajstić information content (AvgIpc) is 2.16. The van der Waals surface area contributed by atoms with Crippen LogP contribution in [0.1, 0.15) is 10.4 Å². The van der Waals surface area contributed by atoms with Crippen LogP contribution in [0.25, 0.3) is 0 Å². The van der Waals surface area contributed by atoms with E-state index < -0.39 is 5.97 Å². The smallest absolute Gasteiger partial charge is 0.340 e. The van der Waals surface area contributed by atoms with Crippen LogP contribution in [-0.2, 0) is 0 Å². The monoisotopic (exact) mass is 194 g/mol. The summed E-state index contributed by atoms with van der Waals surface area (Å²) in [6.07, 6.45) is 0. The molecule has 4 nitrogen and oxygen atoms in total. The number of nitrogens with zero attached hydrogens (tertiary/aromatic N) is 1. The lowest BCUT2D eigenvalue weighted by Gasteiger charge is -2.17. The molecule has 0 bridgehead atoms. The minimum atomic E-state index is -1.04. The maximum atomic E-state index is 10.8. The van der Waals surface area contributed by atoms with Gasteiger partial charge in [-0.05, 0) is 6.07 Å². The van der Waals surface area contributed by atoms with Crippen LogP contribution >= 0.6 is 0 Å². The molecule has 75 valence electrons. The number of carboxylic acid groups (broad SMARTS) is 1. The quantitative estimate of drug-likeness (QED) is 0.787. The van der Waals surface area contributed by atoms with Crippen molar-refractivity contribution in [3.05, 3.63) is 23.8 Å². The first-order valence-corrected chi connectivity index (χ1v) is 4.07. The molecule has 1 aromatic carbocycles. The molecule has 14 heavy (non-hydrogen) atoms. The summed E-state index contributed by atoms with van der Waals surface area (Å²) in [7, 11) is 5.09. The van der Waals surface area contributed by atoms with Crippen molar-refractivity contribution in [1.29, 1.82) is 0 Å². The largest absolute Gasteiger partial charge is 0.494 e. The van der Waals surface area contributed by atoms with Crippen molar-refractivity contribution in [1.82, 2.24) is 0 Å². The van der Waals surface area contributed by atoms with Gasteiger partial charge >= 0.3 is 5.97 Å². The Kier molecular flexibility index (Phi) is 2.96. The van der Waals surface area contributed by atoms with Crippen LogP contribution in [0.3, 0.4) is 0 Å². The number of rotatable bonds is 3. The minimum Gasteiger partial charge on any atom is -0.494 e. The predicted octanol–water partition coefficient (Wildman–Crippen LogP) is 1.26. The van der Waals surface area contributed by atoms with Crippen molar-refractivity contribution >= 4 is 11.7 Å². The molecule has 0 saturated heterocycles. The van der Waals surface area contributed by atoms with Crippen molar-refractivity contribution in [3.8, 4) is 5.75 Å². The highest BCUT2D eigenvalue weighted by atomic mass is 16.5. The van der Waals surface area contributed by atoms with E-state index in [-0.39, 0.29) is 5.56 Å². The number of hydrogen-bond donors (Lipinski definition) is 1. The number of carbonyl (C=O) groups is 1. The molecule has 0 aliphatic heterocycles. The molecule has 0 spiro atoms. The molecule has 0 aliphatic carbocycles. The van der Waals surface area contributed by atoms with Gasteiger partial charge in [-0.15, -0.1) is 0 Å². The maximum Gasteiger partial charge on any atom is 0.340 e. The Morgan fingerprint density at radius 3 is 2.64 bits per heavy atom. The van der Waals surface area contributed by atoms with Crippen LogP contribution in [0.2, 0.25) is 0 Å². The molecule has 0 heterocycles. The first kappa shape index (κ1) is 10.4. The van der Waals surface area contributed by atoms with Crippen LogP contribution in [0.5, 0.6) is 5.75 Å². The number of hydrogen-bond acceptors (Lipinski definition) is 3. The number of ether oxygens (including phenoxy) is 1. The van der Waals surface area contributed by atoms with Crippen LogP contribution in [0.15, 0.2) is 12.1 Å². The summed E-state index contributed by atoms with van der Waals surface area (Å²) >= 11 is 0. The van der Waals surface area contributed by atoms with Gasteiger partial charge in [-0.25, -0.2) is 4.79 Å². The molecule has 0 saturated carbocycles. The summed E-state index contributed by atoms with van der Waals surface area (Å²) in [5.41, 5.74) is 0.780. The predicted molar refractivity (Wildman–Crippen MR) is 53.1 cm³/mol. The number of methoxy groups -OCH3 is 1. The molecule has 0 atom stereocenters. The summed E-state index contributed by atoms with van der Waals surface area (Å²) < 4.78 is 5.05. The Morgan fingerprint density at radius 2 is 2.21 bits per heavy atom. The van der Waals surface area contributed by atoms with Crippen molar-refractivity contribution in [2.45, 2.75) is 0 Å². The summed E-state index contributed by atoms with van der Waals surface area (Å²) in [5.74, 6) is -0.699. The van der Waals surface area contributed by atoms with Gasteiger partial charge in [0.25, 0.3) is 0 Å². The fraction of sp³-hybridized carbons (Fsp3) is 0.300. The Balaban J connectivity index is 3.32. The standard InChI is InChI=1S/C10H12NO3/c1-11(2)8-6-4-5-7(10(12)13)9(8)14-3/h4,6H,1-3H3,(H,12,13). The summed E-state index contributed by atoms with van der Waals surface area (Å²) in [4.78, 5) is 12.6. The minimum absolute atomic E-state index is 0.0544. The summed E-state index contributed by atoms with van der Waals surface area (Å²) in [6.45, 7) is 0. The van der Waals surface area contributed by atoms with Gasteiger partial charge in [-0.2, -0.15) is 0 Å². The Hall–Kier alpha value is -1.71. The fourth-order valence-corrected chi connectivity index (χ4v) is 1.19. The highest BCUT2D eigenvalue weighted by Gasteiger charge is 2.15. The summed E-state index contributed by atoms with van der Waals surface area (Å²) in [5, 5.41) is 8.87. The van der Waals surface area contributed by atoms with Gasteiger partial charge in [0.2, 0.25) is 0 Å². The highest BCUT2D eigenvalue weighted by Crippen LogP contribution is 2.30. The van der Waals surface area contributed by atoms with Gasteiger partial charge in [-0.1, -0.05) is 6.07 Å². The van der Waals surface area contributed by atoms with Crippen molar-refractivity contribution in [2.75, 3.05) is 26.1 Å². The van der Waals surface area contributed by atoms with Crippen LogP contribution in [0.4, 0.5) is 5.69 Å². The number of carboxylic acids is 1. The van der Waals surface area contributed by atoms with Crippen LogP contribution < -0.4 is 9.64 Å². The third-order valence-electron chi connectivity index (χ3n) is 1.83. The molecule has 1 N–H and O–H groups in total. The molecule has 0 amide bonds. The third kappa shape index (κ3) is 1.79. The molecular formula is C10H12NO3. The van der Waals surface area contributed by atoms with Gasteiger partial charge in [0.15, 0.2) is 5.75 Å². The zero-order chi connectivity index (χ0) is 10.7. The molecule has 1 aromatic rings. The maximum absolute atomic E-state index is 10.8. The van der Waals surface area contributed by atoms with Gasteiger partial charge in [0.1, 0.15) is 5.56 Å². The fourth-order valence-electron chi connectivity index (χ4n) is 1.19. The topological polar surface area (TPSA) is 49.8 Å². The number of benzene rings is 1. The van der Waals surface area contributed by atoms with Gasteiger partial charge in [0, 0.05) is 20.2 Å². The Bertz CT molecular complexity index is 347. The Morgan fingerprint density at radius 1 is 1.57 bits per heavy atom. The molecule has 1 rings (SSSR count). The molecule has 1 radical (unpaired) electrons.